The highest BCUT2D eigenvalue weighted by molar-refractivity contribution is 5.85. The van der Waals surface area contributed by atoms with Crippen molar-refractivity contribution in [1.29, 1.82) is 5.26 Å². The molecule has 0 atom stereocenters. The van der Waals surface area contributed by atoms with Crippen LogP contribution < -0.4 is 4.73 Å². The first-order valence-electron chi connectivity index (χ1n) is 8.71. The Bertz CT molecular complexity index is 1500. The summed E-state index contributed by atoms with van der Waals surface area (Å²) in [5.74, 6) is -0.889. The van der Waals surface area contributed by atoms with Crippen molar-refractivity contribution in [3.05, 3.63) is 70.8 Å². The van der Waals surface area contributed by atoms with Crippen molar-refractivity contribution in [3.63, 3.8) is 0 Å². The number of rotatable bonds is 2. The van der Waals surface area contributed by atoms with E-state index in [9.17, 15) is 19.2 Å². The third-order valence-corrected chi connectivity index (χ3v) is 4.82. The summed E-state index contributed by atoms with van der Waals surface area (Å²) in [6.07, 6.45) is 1.44. The molecule has 0 fully saturated rings. The van der Waals surface area contributed by atoms with Crippen LogP contribution in [0.3, 0.4) is 0 Å². The SMILES string of the molecule is Cc1c2c(-c3noc(-c4ccc(F)cc4)n3)ncn2c2ccc(F)c(C#N)c2[n+]1[O-]. The number of hydrogen-bond acceptors (Lipinski definition) is 6. The highest BCUT2D eigenvalue weighted by Gasteiger charge is 2.26. The highest BCUT2D eigenvalue weighted by Crippen LogP contribution is 2.29. The first-order chi connectivity index (χ1) is 14.5. The normalized spacial score (nSPS) is 11.3. The first-order valence-corrected chi connectivity index (χ1v) is 8.71. The Morgan fingerprint density at radius 3 is 2.67 bits per heavy atom. The van der Waals surface area contributed by atoms with Crippen LogP contribution in [-0.4, -0.2) is 19.5 Å². The molecule has 3 heterocycles. The lowest BCUT2D eigenvalue weighted by Crippen LogP contribution is -2.33. The molecule has 0 unspecified atom stereocenters. The second kappa shape index (κ2) is 6.31. The lowest BCUT2D eigenvalue weighted by Gasteiger charge is -2.09. The molecule has 3 aromatic heterocycles. The standard InChI is InChI=1S/C20H10F2N6O2/c1-10-17-16(19-25-20(30-26-19)11-2-4-12(21)5-3-11)24-9-27(17)15-7-6-14(22)13(8-23)18(15)28(10)29/h2-7,9H,1H3. The number of imidazole rings is 1. The minimum absolute atomic E-state index is 0.0911. The van der Waals surface area contributed by atoms with Crippen LogP contribution in [0.4, 0.5) is 8.78 Å². The van der Waals surface area contributed by atoms with E-state index in [-0.39, 0.29) is 34.2 Å². The number of hydrogen-bond donors (Lipinski definition) is 0. The summed E-state index contributed by atoms with van der Waals surface area (Å²) in [5.41, 5.74) is 1.24. The maximum atomic E-state index is 14.0. The van der Waals surface area contributed by atoms with Crippen LogP contribution in [0.5, 0.6) is 0 Å². The Hall–Kier alpha value is -4.39. The number of benzene rings is 2. The third-order valence-electron chi connectivity index (χ3n) is 4.82. The lowest BCUT2D eigenvalue weighted by molar-refractivity contribution is -0.583. The summed E-state index contributed by atoms with van der Waals surface area (Å²) in [4.78, 5) is 8.61. The Morgan fingerprint density at radius 1 is 1.17 bits per heavy atom. The van der Waals surface area contributed by atoms with E-state index in [1.165, 1.54) is 43.6 Å². The third kappa shape index (κ3) is 2.42. The van der Waals surface area contributed by atoms with E-state index in [2.05, 4.69) is 15.1 Å². The monoisotopic (exact) mass is 404 g/mol. The zero-order valence-corrected chi connectivity index (χ0v) is 15.3. The van der Waals surface area contributed by atoms with Crippen LogP contribution in [0.2, 0.25) is 0 Å². The Balaban J connectivity index is 1.75. The smallest absolute Gasteiger partial charge is 0.262 e. The molecule has 0 spiro atoms. The van der Waals surface area contributed by atoms with E-state index >= 15 is 0 Å². The molecule has 5 aromatic rings. The van der Waals surface area contributed by atoms with Crippen molar-refractivity contribution in [3.8, 4) is 29.0 Å². The molecule has 0 aliphatic heterocycles. The van der Waals surface area contributed by atoms with Gasteiger partial charge >= 0.3 is 0 Å². The highest BCUT2D eigenvalue weighted by atomic mass is 19.1. The number of nitrogens with zero attached hydrogens (tertiary/aromatic N) is 6. The van der Waals surface area contributed by atoms with Crippen LogP contribution in [0.1, 0.15) is 11.3 Å². The number of fused-ring (bicyclic) bond motifs is 3. The second-order valence-electron chi connectivity index (χ2n) is 6.52. The average molecular weight is 404 g/mol. The molecular weight excluding hydrogens is 394 g/mol. The van der Waals surface area contributed by atoms with Crippen molar-refractivity contribution in [1.82, 2.24) is 19.5 Å². The van der Waals surface area contributed by atoms with Gasteiger partial charge in [-0.3, -0.25) is 4.40 Å². The van der Waals surface area contributed by atoms with Crippen molar-refractivity contribution in [2.45, 2.75) is 6.92 Å². The summed E-state index contributed by atoms with van der Waals surface area (Å²) in [6.45, 7) is 1.53. The van der Waals surface area contributed by atoms with Gasteiger partial charge in [0, 0.05) is 12.5 Å². The van der Waals surface area contributed by atoms with Gasteiger partial charge in [0.1, 0.15) is 40.8 Å². The summed E-state index contributed by atoms with van der Waals surface area (Å²) in [5, 5.41) is 26.1. The average Bonchev–Trinajstić information content (AvgIpc) is 3.39. The molecule has 0 aliphatic rings. The predicted molar refractivity (Wildman–Crippen MR) is 99.8 cm³/mol. The Kier molecular flexibility index (Phi) is 3.72. The van der Waals surface area contributed by atoms with Gasteiger partial charge in [-0.15, -0.1) is 0 Å². The molecule has 0 radical (unpaired) electrons. The number of aromatic nitrogens is 5. The van der Waals surface area contributed by atoms with Gasteiger partial charge in [0.2, 0.25) is 11.5 Å². The molecule has 8 nitrogen and oxygen atoms in total. The molecule has 10 heteroatoms. The van der Waals surface area contributed by atoms with Gasteiger partial charge in [0.25, 0.3) is 11.4 Å². The van der Waals surface area contributed by atoms with Gasteiger partial charge in [-0.2, -0.15) is 15.0 Å². The number of nitriles is 1. The molecular formula is C20H10F2N6O2. The van der Waals surface area contributed by atoms with Crippen molar-refractivity contribution in [2.24, 2.45) is 0 Å². The first kappa shape index (κ1) is 17.7. The minimum atomic E-state index is -0.782. The fraction of sp³-hybridized carbons (Fsp3) is 0.0500. The van der Waals surface area contributed by atoms with Crippen LogP contribution in [0, 0.1) is 35.1 Å². The van der Waals surface area contributed by atoms with Gasteiger partial charge in [0.15, 0.2) is 5.56 Å². The maximum absolute atomic E-state index is 14.0. The van der Waals surface area contributed by atoms with E-state index < -0.39 is 11.6 Å². The lowest BCUT2D eigenvalue weighted by atomic mass is 10.1. The summed E-state index contributed by atoms with van der Waals surface area (Å²) in [6, 6.07) is 9.80. The van der Waals surface area contributed by atoms with E-state index in [0.717, 1.165) is 6.07 Å². The van der Waals surface area contributed by atoms with E-state index in [1.807, 2.05) is 0 Å². The van der Waals surface area contributed by atoms with E-state index in [4.69, 9.17) is 4.52 Å². The molecule has 0 saturated carbocycles. The van der Waals surface area contributed by atoms with Gasteiger partial charge in [-0.1, -0.05) is 5.16 Å². The largest absolute Gasteiger partial charge is 0.618 e. The molecule has 0 N–H and O–H groups in total. The van der Waals surface area contributed by atoms with Gasteiger partial charge < -0.3 is 9.73 Å². The van der Waals surface area contributed by atoms with E-state index in [0.29, 0.717) is 21.3 Å². The topological polar surface area (TPSA) is 107 Å². The second-order valence-corrected chi connectivity index (χ2v) is 6.52. The molecule has 2 aromatic carbocycles. The number of aryl methyl sites for hydroxylation is 1. The Morgan fingerprint density at radius 2 is 1.93 bits per heavy atom. The molecule has 0 amide bonds. The van der Waals surface area contributed by atoms with Crippen LogP contribution in [0.15, 0.2) is 47.2 Å². The minimum Gasteiger partial charge on any atom is -0.618 e. The van der Waals surface area contributed by atoms with Gasteiger partial charge in [-0.05, 0) is 36.4 Å². The van der Waals surface area contributed by atoms with Crippen molar-refractivity contribution < 1.29 is 18.0 Å². The Labute approximate surface area is 166 Å². The van der Waals surface area contributed by atoms with Crippen LogP contribution in [-0.2, 0) is 0 Å². The van der Waals surface area contributed by atoms with E-state index in [1.54, 1.807) is 10.5 Å². The van der Waals surface area contributed by atoms with Crippen LogP contribution >= 0.6 is 0 Å². The number of halogens is 2. The van der Waals surface area contributed by atoms with Gasteiger partial charge in [0.05, 0.1) is 0 Å². The van der Waals surface area contributed by atoms with Crippen LogP contribution in [0.25, 0.3) is 39.5 Å². The molecule has 146 valence electrons. The fourth-order valence-corrected chi connectivity index (χ4v) is 3.40. The van der Waals surface area contributed by atoms with Gasteiger partial charge in [-0.25, -0.2) is 13.8 Å². The zero-order valence-electron chi connectivity index (χ0n) is 15.3. The molecule has 30 heavy (non-hydrogen) atoms. The zero-order chi connectivity index (χ0) is 21.0. The molecule has 5 rings (SSSR count). The summed E-state index contributed by atoms with van der Waals surface area (Å²) in [7, 11) is 0. The quantitative estimate of drug-likeness (QED) is 0.330. The molecule has 0 bridgehead atoms. The van der Waals surface area contributed by atoms with Crippen molar-refractivity contribution in [2.75, 3.05) is 0 Å². The van der Waals surface area contributed by atoms with Crippen molar-refractivity contribution >= 4 is 16.6 Å². The summed E-state index contributed by atoms with van der Waals surface area (Å²) >= 11 is 0. The molecule has 0 saturated heterocycles. The fourth-order valence-electron chi connectivity index (χ4n) is 3.40. The maximum Gasteiger partial charge on any atom is 0.262 e. The molecule has 0 aliphatic carbocycles. The summed E-state index contributed by atoms with van der Waals surface area (Å²) < 4.78 is 34.5. The predicted octanol–water partition coefficient (Wildman–Crippen LogP) is 3.30.